The van der Waals surface area contributed by atoms with Gasteiger partial charge in [0, 0.05) is 12.0 Å². The number of aliphatic hydroxyl groups is 2. The molecule has 0 bridgehead atoms. The molecule has 0 aromatic rings. The summed E-state index contributed by atoms with van der Waals surface area (Å²) in [5.41, 5.74) is 3.14. The highest BCUT2D eigenvalue weighted by Crippen LogP contribution is 2.77. The fourth-order valence-electron chi connectivity index (χ4n) is 10.5. The van der Waals surface area contributed by atoms with E-state index in [0.29, 0.717) is 34.2 Å². The molecular weight excluding hydrogens is 392 g/mol. The molecule has 0 spiro atoms. The van der Waals surface area contributed by atoms with Crippen LogP contribution >= 0.6 is 0 Å². The second-order valence-electron chi connectivity index (χ2n) is 15.0. The molecule has 182 valence electrons. The van der Waals surface area contributed by atoms with E-state index in [1.807, 2.05) is 0 Å². The summed E-state index contributed by atoms with van der Waals surface area (Å²) in [4.78, 5) is 0. The maximum absolute atomic E-state index is 10.8. The Morgan fingerprint density at radius 3 is 2.12 bits per heavy atom. The Labute approximate surface area is 197 Å². The second kappa shape index (κ2) is 6.87. The molecule has 5 rings (SSSR count). The first-order valence-corrected chi connectivity index (χ1v) is 13.8. The third-order valence-electron chi connectivity index (χ3n) is 13.3. The molecule has 0 radical (unpaired) electrons. The summed E-state index contributed by atoms with van der Waals surface area (Å²) in [6.07, 6.45) is 14.8. The lowest BCUT2D eigenvalue weighted by molar-refractivity contribution is -0.233. The van der Waals surface area contributed by atoms with Gasteiger partial charge in [0.2, 0.25) is 0 Å². The van der Waals surface area contributed by atoms with Crippen molar-refractivity contribution in [2.24, 2.45) is 50.2 Å². The third-order valence-corrected chi connectivity index (χ3v) is 13.3. The van der Waals surface area contributed by atoms with Crippen LogP contribution < -0.4 is 0 Å². The van der Waals surface area contributed by atoms with Gasteiger partial charge in [-0.15, -0.1) is 0 Å². The van der Waals surface area contributed by atoms with Gasteiger partial charge in [0.15, 0.2) is 0 Å². The largest absolute Gasteiger partial charge is 0.396 e. The van der Waals surface area contributed by atoms with Crippen molar-refractivity contribution in [2.75, 3.05) is 6.61 Å². The van der Waals surface area contributed by atoms with E-state index in [1.165, 1.54) is 57.8 Å². The minimum Gasteiger partial charge on any atom is -0.396 e. The van der Waals surface area contributed by atoms with Gasteiger partial charge in [-0.1, -0.05) is 60.1 Å². The zero-order valence-electron chi connectivity index (χ0n) is 22.1. The van der Waals surface area contributed by atoms with Crippen LogP contribution in [-0.2, 0) is 0 Å². The highest BCUT2D eigenvalue weighted by Gasteiger charge is 2.69. The molecule has 0 heterocycles. The summed E-state index contributed by atoms with van der Waals surface area (Å²) in [7, 11) is 0. The Hall–Kier alpha value is -0.340. The SMILES string of the molecule is CC1(C)C2=CC[C@H]3[C@@](C)(CC[C@@]4(C)[C@@H]5C[C@](C)(CO)CC[C@]5(C)CC[C@]34C)[C@@H]2CC[C@@H]1O. The van der Waals surface area contributed by atoms with Gasteiger partial charge in [0.25, 0.3) is 0 Å². The van der Waals surface area contributed by atoms with Crippen LogP contribution in [0.15, 0.2) is 11.6 Å². The molecule has 2 N–H and O–H groups in total. The van der Waals surface area contributed by atoms with Crippen molar-refractivity contribution in [3.8, 4) is 0 Å². The summed E-state index contributed by atoms with van der Waals surface area (Å²) >= 11 is 0. The van der Waals surface area contributed by atoms with Gasteiger partial charge >= 0.3 is 0 Å². The van der Waals surface area contributed by atoms with E-state index in [9.17, 15) is 10.2 Å². The smallest absolute Gasteiger partial charge is 0.0628 e. The Bertz CT molecular complexity index is 814. The van der Waals surface area contributed by atoms with Crippen LogP contribution in [0.5, 0.6) is 0 Å². The van der Waals surface area contributed by atoms with Gasteiger partial charge < -0.3 is 10.2 Å². The van der Waals surface area contributed by atoms with Crippen molar-refractivity contribution >= 4 is 0 Å². The van der Waals surface area contributed by atoms with Crippen LogP contribution in [0.4, 0.5) is 0 Å². The van der Waals surface area contributed by atoms with E-state index >= 15 is 0 Å². The number of hydrogen-bond acceptors (Lipinski definition) is 2. The van der Waals surface area contributed by atoms with E-state index < -0.39 is 0 Å². The van der Waals surface area contributed by atoms with Crippen molar-refractivity contribution < 1.29 is 10.2 Å². The van der Waals surface area contributed by atoms with Gasteiger partial charge in [0.05, 0.1) is 6.10 Å². The zero-order chi connectivity index (χ0) is 23.4. The molecule has 9 atom stereocenters. The Kier molecular flexibility index (Phi) is 5.02. The monoisotopic (exact) mass is 442 g/mol. The van der Waals surface area contributed by atoms with Crippen LogP contribution in [0.25, 0.3) is 0 Å². The van der Waals surface area contributed by atoms with Gasteiger partial charge in [-0.3, -0.25) is 0 Å². The number of rotatable bonds is 1. The van der Waals surface area contributed by atoms with Crippen LogP contribution in [0.2, 0.25) is 0 Å². The number of fused-ring (bicyclic) bond motifs is 7. The standard InChI is InChI=1S/C30H50O2/c1-25(2)20-8-10-22-28(5,21(20)9-11-24(25)32)15-17-30(7)23-18-26(3,19-31)12-13-27(23,4)14-16-29(22,30)6/h8,21-24,31-32H,9-19H2,1-7H3/t21-,22+,23-,24+,26-,27-,28+,29-,30+/m1/s1. The Morgan fingerprint density at radius 2 is 1.44 bits per heavy atom. The summed E-state index contributed by atoms with van der Waals surface area (Å²) in [5, 5.41) is 21.1. The molecule has 0 aliphatic heterocycles. The Morgan fingerprint density at radius 1 is 0.812 bits per heavy atom. The van der Waals surface area contributed by atoms with E-state index in [0.717, 1.165) is 18.3 Å². The first kappa shape index (κ1) is 23.4. The maximum Gasteiger partial charge on any atom is 0.0628 e. The zero-order valence-corrected chi connectivity index (χ0v) is 22.1. The van der Waals surface area contributed by atoms with E-state index in [1.54, 1.807) is 5.57 Å². The highest BCUT2D eigenvalue weighted by atomic mass is 16.3. The average molecular weight is 443 g/mol. The van der Waals surface area contributed by atoms with Crippen LogP contribution in [0.1, 0.15) is 113 Å². The first-order valence-electron chi connectivity index (χ1n) is 13.8. The topological polar surface area (TPSA) is 40.5 Å². The summed E-state index contributed by atoms with van der Waals surface area (Å²) in [5.74, 6) is 2.10. The van der Waals surface area contributed by atoms with Gasteiger partial charge in [-0.2, -0.15) is 0 Å². The van der Waals surface area contributed by atoms with Crippen molar-refractivity contribution in [1.82, 2.24) is 0 Å². The number of allylic oxidation sites excluding steroid dienone is 1. The lowest BCUT2D eigenvalue weighted by atomic mass is 9.31. The molecule has 32 heavy (non-hydrogen) atoms. The van der Waals surface area contributed by atoms with Gasteiger partial charge in [0.1, 0.15) is 0 Å². The lowest BCUT2D eigenvalue weighted by Crippen LogP contribution is -2.66. The third kappa shape index (κ3) is 2.78. The molecule has 0 aromatic heterocycles. The van der Waals surface area contributed by atoms with Gasteiger partial charge in [-0.25, -0.2) is 0 Å². The van der Waals surface area contributed by atoms with E-state index in [4.69, 9.17) is 0 Å². The Balaban J connectivity index is 1.56. The molecular formula is C30H50O2. The minimum absolute atomic E-state index is 0.0734. The van der Waals surface area contributed by atoms with E-state index in [-0.39, 0.29) is 16.9 Å². The van der Waals surface area contributed by atoms with Crippen molar-refractivity contribution in [3.05, 3.63) is 11.6 Å². The molecule has 0 saturated heterocycles. The molecule has 4 saturated carbocycles. The van der Waals surface area contributed by atoms with Crippen molar-refractivity contribution in [3.63, 3.8) is 0 Å². The maximum atomic E-state index is 10.8. The number of aliphatic hydroxyl groups excluding tert-OH is 2. The fraction of sp³-hybridized carbons (Fsp3) is 0.933. The van der Waals surface area contributed by atoms with Crippen LogP contribution in [0, 0.1) is 50.2 Å². The molecule has 4 fully saturated rings. The second-order valence-corrected chi connectivity index (χ2v) is 15.0. The number of hydrogen-bond donors (Lipinski definition) is 2. The molecule has 0 aromatic carbocycles. The quantitative estimate of drug-likeness (QED) is 0.424. The van der Waals surface area contributed by atoms with Crippen LogP contribution in [0.3, 0.4) is 0 Å². The average Bonchev–Trinajstić information content (AvgIpc) is 2.74. The minimum atomic E-state index is -0.191. The predicted molar refractivity (Wildman–Crippen MR) is 132 cm³/mol. The molecule has 2 nitrogen and oxygen atoms in total. The molecule has 0 amide bonds. The van der Waals surface area contributed by atoms with Crippen LogP contribution in [-0.4, -0.2) is 22.9 Å². The normalized spacial score (nSPS) is 56.8. The molecule has 5 aliphatic carbocycles. The van der Waals surface area contributed by atoms with Crippen molar-refractivity contribution in [1.29, 1.82) is 0 Å². The lowest BCUT2D eigenvalue weighted by Gasteiger charge is -2.73. The molecule has 5 aliphatic rings. The fourth-order valence-corrected chi connectivity index (χ4v) is 10.5. The summed E-state index contributed by atoms with van der Waals surface area (Å²) in [6.45, 7) is 17.9. The predicted octanol–water partition coefficient (Wildman–Crippen LogP) is 7.14. The molecule has 0 unspecified atom stereocenters. The molecule has 2 heteroatoms. The van der Waals surface area contributed by atoms with Gasteiger partial charge in [-0.05, 0) is 109 Å². The highest BCUT2D eigenvalue weighted by molar-refractivity contribution is 5.30. The van der Waals surface area contributed by atoms with Crippen molar-refractivity contribution in [2.45, 2.75) is 119 Å². The summed E-state index contributed by atoms with van der Waals surface area (Å²) < 4.78 is 0. The summed E-state index contributed by atoms with van der Waals surface area (Å²) in [6, 6.07) is 0. The van der Waals surface area contributed by atoms with E-state index in [2.05, 4.69) is 54.5 Å². The first-order chi connectivity index (χ1) is 14.8.